The van der Waals surface area contributed by atoms with Gasteiger partial charge in [-0.05, 0) is 25.9 Å². The number of piperidine rings is 1. The second-order valence-corrected chi connectivity index (χ2v) is 4.31. The number of hydrogen-bond donors (Lipinski definition) is 1. The van der Waals surface area contributed by atoms with Crippen LogP contribution in [0.1, 0.15) is 35.3 Å². The van der Waals surface area contributed by atoms with Gasteiger partial charge >= 0.3 is 5.97 Å². The van der Waals surface area contributed by atoms with Crippen molar-refractivity contribution in [2.45, 2.75) is 25.8 Å². The van der Waals surface area contributed by atoms with Crippen LogP contribution in [0.15, 0.2) is 6.20 Å². The maximum absolute atomic E-state index is 11.0. The van der Waals surface area contributed by atoms with Gasteiger partial charge in [-0.1, -0.05) is 6.42 Å². The zero-order chi connectivity index (χ0) is 11.5. The monoisotopic (exact) mass is 223 g/mol. The number of aromatic carboxylic acids is 1. The molecule has 2 heterocycles. The minimum Gasteiger partial charge on any atom is -0.478 e. The van der Waals surface area contributed by atoms with Crippen molar-refractivity contribution in [2.24, 2.45) is 7.05 Å². The maximum Gasteiger partial charge on any atom is 0.339 e. The molecule has 1 aromatic heterocycles. The lowest BCUT2D eigenvalue weighted by Gasteiger charge is -2.25. The first-order chi connectivity index (χ1) is 7.66. The summed E-state index contributed by atoms with van der Waals surface area (Å²) in [6.07, 6.45) is 5.26. The summed E-state index contributed by atoms with van der Waals surface area (Å²) >= 11 is 0. The van der Waals surface area contributed by atoms with Gasteiger partial charge < -0.3 is 5.11 Å². The molecule has 16 heavy (non-hydrogen) atoms. The normalized spacial score (nSPS) is 17.6. The topological polar surface area (TPSA) is 58.4 Å². The molecule has 0 bridgehead atoms. The first-order valence-electron chi connectivity index (χ1n) is 5.65. The van der Waals surface area contributed by atoms with Crippen LogP contribution < -0.4 is 0 Å². The van der Waals surface area contributed by atoms with Gasteiger partial charge in [0.2, 0.25) is 0 Å². The molecule has 1 saturated heterocycles. The number of likely N-dealkylation sites (tertiary alicyclic amines) is 1. The molecule has 88 valence electrons. The van der Waals surface area contributed by atoms with Gasteiger partial charge in [0, 0.05) is 19.8 Å². The van der Waals surface area contributed by atoms with Crippen LogP contribution >= 0.6 is 0 Å². The fraction of sp³-hybridized carbons (Fsp3) is 0.636. The predicted molar refractivity (Wildman–Crippen MR) is 59.3 cm³/mol. The van der Waals surface area contributed by atoms with E-state index in [1.54, 1.807) is 17.9 Å². The third-order valence-corrected chi connectivity index (χ3v) is 2.96. The van der Waals surface area contributed by atoms with E-state index < -0.39 is 5.97 Å². The molecule has 0 aromatic carbocycles. The summed E-state index contributed by atoms with van der Waals surface area (Å²) in [7, 11) is 1.76. The molecule has 0 unspecified atom stereocenters. The lowest BCUT2D eigenvalue weighted by atomic mass is 10.1. The first kappa shape index (κ1) is 11.1. The second-order valence-electron chi connectivity index (χ2n) is 4.31. The predicted octanol–water partition coefficient (Wildman–Crippen LogP) is 1.10. The SMILES string of the molecule is Cn1cc(C(=O)O)c(CN2CCCCC2)n1. The fourth-order valence-electron chi connectivity index (χ4n) is 2.16. The van der Waals surface area contributed by atoms with Gasteiger partial charge in [-0.3, -0.25) is 9.58 Å². The highest BCUT2D eigenvalue weighted by molar-refractivity contribution is 5.88. The highest BCUT2D eigenvalue weighted by Crippen LogP contribution is 2.14. The van der Waals surface area contributed by atoms with E-state index in [2.05, 4.69) is 10.00 Å². The maximum atomic E-state index is 11.0. The Hall–Kier alpha value is -1.36. The molecule has 2 rings (SSSR count). The molecule has 0 aliphatic carbocycles. The van der Waals surface area contributed by atoms with Crippen molar-refractivity contribution in [3.63, 3.8) is 0 Å². The minimum atomic E-state index is -0.889. The van der Waals surface area contributed by atoms with Gasteiger partial charge in [0.05, 0.1) is 5.69 Å². The van der Waals surface area contributed by atoms with Crippen LogP contribution in [0.5, 0.6) is 0 Å². The Kier molecular flexibility index (Phi) is 3.24. The lowest BCUT2D eigenvalue weighted by molar-refractivity contribution is 0.0694. The minimum absolute atomic E-state index is 0.327. The molecule has 1 aliphatic heterocycles. The fourth-order valence-corrected chi connectivity index (χ4v) is 2.16. The van der Waals surface area contributed by atoms with Crippen molar-refractivity contribution in [3.8, 4) is 0 Å². The summed E-state index contributed by atoms with van der Waals surface area (Å²) in [4.78, 5) is 13.3. The molecule has 1 N–H and O–H groups in total. The van der Waals surface area contributed by atoms with Gasteiger partial charge in [0.25, 0.3) is 0 Å². The molecular weight excluding hydrogens is 206 g/mol. The smallest absolute Gasteiger partial charge is 0.339 e. The van der Waals surface area contributed by atoms with Crippen molar-refractivity contribution >= 4 is 5.97 Å². The van der Waals surface area contributed by atoms with Crippen LogP contribution in [0, 0.1) is 0 Å². The van der Waals surface area contributed by atoms with Crippen molar-refractivity contribution in [2.75, 3.05) is 13.1 Å². The molecule has 5 heteroatoms. The summed E-state index contributed by atoms with van der Waals surface area (Å²) in [5, 5.41) is 13.3. The van der Waals surface area contributed by atoms with Crippen LogP contribution in [0.3, 0.4) is 0 Å². The van der Waals surface area contributed by atoms with E-state index >= 15 is 0 Å². The Balaban J connectivity index is 2.10. The summed E-state index contributed by atoms with van der Waals surface area (Å²) in [5.74, 6) is -0.889. The molecule has 5 nitrogen and oxygen atoms in total. The first-order valence-corrected chi connectivity index (χ1v) is 5.65. The molecular formula is C11H17N3O2. The van der Waals surface area contributed by atoms with Crippen LogP contribution in [-0.2, 0) is 13.6 Å². The molecule has 0 atom stereocenters. The Morgan fingerprint density at radius 2 is 2.12 bits per heavy atom. The van der Waals surface area contributed by atoms with Gasteiger partial charge in [-0.25, -0.2) is 4.79 Å². The molecule has 0 amide bonds. The zero-order valence-corrected chi connectivity index (χ0v) is 9.52. The Labute approximate surface area is 94.7 Å². The summed E-state index contributed by atoms with van der Waals surface area (Å²) < 4.78 is 1.57. The van der Waals surface area contributed by atoms with Crippen LogP contribution in [0.25, 0.3) is 0 Å². The largest absolute Gasteiger partial charge is 0.478 e. The van der Waals surface area contributed by atoms with Crippen molar-refractivity contribution in [1.82, 2.24) is 14.7 Å². The third kappa shape index (κ3) is 2.41. The van der Waals surface area contributed by atoms with Gasteiger partial charge in [-0.2, -0.15) is 5.10 Å². The molecule has 1 fully saturated rings. The molecule has 0 spiro atoms. The Morgan fingerprint density at radius 3 is 2.75 bits per heavy atom. The molecule has 1 aliphatic rings. The lowest BCUT2D eigenvalue weighted by Crippen LogP contribution is -2.29. The standard InChI is InChI=1S/C11H17N3O2/c1-13-7-9(11(15)16)10(12-13)8-14-5-3-2-4-6-14/h7H,2-6,8H2,1H3,(H,15,16). The van der Waals surface area contributed by atoms with Gasteiger partial charge in [-0.15, -0.1) is 0 Å². The zero-order valence-electron chi connectivity index (χ0n) is 9.52. The number of rotatable bonds is 3. The van der Waals surface area contributed by atoms with Crippen LogP contribution in [-0.4, -0.2) is 38.8 Å². The highest BCUT2D eigenvalue weighted by Gasteiger charge is 2.18. The van der Waals surface area contributed by atoms with E-state index in [0.29, 0.717) is 17.8 Å². The quantitative estimate of drug-likeness (QED) is 0.833. The van der Waals surface area contributed by atoms with Crippen molar-refractivity contribution in [3.05, 3.63) is 17.5 Å². The molecule has 1 aromatic rings. The van der Waals surface area contributed by atoms with E-state index in [4.69, 9.17) is 5.11 Å². The Morgan fingerprint density at radius 1 is 1.44 bits per heavy atom. The highest BCUT2D eigenvalue weighted by atomic mass is 16.4. The number of aryl methyl sites for hydroxylation is 1. The van der Waals surface area contributed by atoms with Crippen molar-refractivity contribution in [1.29, 1.82) is 0 Å². The molecule has 0 radical (unpaired) electrons. The van der Waals surface area contributed by atoms with Crippen LogP contribution in [0.4, 0.5) is 0 Å². The number of hydrogen-bond acceptors (Lipinski definition) is 3. The molecule has 0 saturated carbocycles. The number of carboxylic acids is 1. The Bertz CT molecular complexity index is 381. The third-order valence-electron chi connectivity index (χ3n) is 2.96. The van der Waals surface area contributed by atoms with E-state index in [9.17, 15) is 4.79 Å². The van der Waals surface area contributed by atoms with Crippen molar-refractivity contribution < 1.29 is 9.90 Å². The number of aromatic nitrogens is 2. The number of carboxylic acid groups (broad SMARTS) is 1. The average Bonchev–Trinajstić information content (AvgIpc) is 2.61. The van der Waals surface area contributed by atoms with E-state index in [1.165, 1.54) is 19.3 Å². The summed E-state index contributed by atoms with van der Waals surface area (Å²) in [6, 6.07) is 0. The average molecular weight is 223 g/mol. The van der Waals surface area contributed by atoms with Crippen LogP contribution in [0.2, 0.25) is 0 Å². The van der Waals surface area contributed by atoms with E-state index in [1.807, 2.05) is 0 Å². The summed E-state index contributed by atoms with van der Waals surface area (Å²) in [5.41, 5.74) is 1.00. The summed E-state index contributed by atoms with van der Waals surface area (Å²) in [6.45, 7) is 2.76. The second kappa shape index (κ2) is 4.65. The van der Waals surface area contributed by atoms with E-state index in [0.717, 1.165) is 13.1 Å². The van der Waals surface area contributed by atoms with Gasteiger partial charge in [0.15, 0.2) is 0 Å². The number of nitrogens with zero attached hydrogens (tertiary/aromatic N) is 3. The van der Waals surface area contributed by atoms with Gasteiger partial charge in [0.1, 0.15) is 5.56 Å². The van der Waals surface area contributed by atoms with E-state index in [-0.39, 0.29) is 0 Å². The number of carbonyl (C=O) groups is 1.